The molecule has 2 heterocycles. The van der Waals surface area contributed by atoms with Crippen LogP contribution in [0.2, 0.25) is 0 Å². The summed E-state index contributed by atoms with van der Waals surface area (Å²) in [5.74, 6) is -0.0271. The van der Waals surface area contributed by atoms with Crippen LogP contribution < -0.4 is 5.32 Å². The summed E-state index contributed by atoms with van der Waals surface area (Å²) in [5, 5.41) is 5.82. The van der Waals surface area contributed by atoms with E-state index in [1.165, 1.54) is 16.2 Å². The fourth-order valence-electron chi connectivity index (χ4n) is 1.42. The minimum atomic E-state index is -0.0325. The lowest BCUT2D eigenvalue weighted by Gasteiger charge is -2.09. The monoisotopic (exact) mass is 266 g/mol. The van der Waals surface area contributed by atoms with Crippen LogP contribution in [0.25, 0.3) is 0 Å². The summed E-state index contributed by atoms with van der Waals surface area (Å²) >= 11 is 3.11. The minimum absolute atomic E-state index is 0.0271. The molecule has 1 atom stereocenters. The fraction of sp³-hybridized carbons (Fsp3) is 0.333. The van der Waals surface area contributed by atoms with Crippen molar-refractivity contribution in [1.82, 2.24) is 10.3 Å². The maximum Gasteiger partial charge on any atom is 0.261 e. The van der Waals surface area contributed by atoms with Crippen molar-refractivity contribution in [2.75, 3.05) is 0 Å². The van der Waals surface area contributed by atoms with Gasteiger partial charge in [-0.25, -0.2) is 4.98 Å². The molecule has 0 aliphatic heterocycles. The smallest absolute Gasteiger partial charge is 0.261 e. The van der Waals surface area contributed by atoms with Gasteiger partial charge in [0, 0.05) is 11.1 Å². The number of thiazole rings is 1. The van der Waals surface area contributed by atoms with E-state index in [4.69, 9.17) is 0 Å². The summed E-state index contributed by atoms with van der Waals surface area (Å²) in [6.07, 6.45) is 2.87. The molecule has 0 saturated carbocycles. The van der Waals surface area contributed by atoms with Gasteiger partial charge in [0.25, 0.3) is 5.91 Å². The van der Waals surface area contributed by atoms with E-state index in [9.17, 15) is 4.79 Å². The van der Waals surface area contributed by atoms with Gasteiger partial charge in [0.2, 0.25) is 0 Å². The van der Waals surface area contributed by atoms with Crippen LogP contribution in [-0.2, 0) is 6.42 Å². The van der Waals surface area contributed by atoms with Gasteiger partial charge in [0.15, 0.2) is 0 Å². The lowest BCUT2D eigenvalue weighted by atomic mass is 10.3. The highest BCUT2D eigenvalue weighted by Crippen LogP contribution is 2.21. The fourth-order valence-corrected chi connectivity index (χ4v) is 2.91. The first-order valence-electron chi connectivity index (χ1n) is 5.49. The van der Waals surface area contributed by atoms with Gasteiger partial charge < -0.3 is 5.32 Å². The van der Waals surface area contributed by atoms with Crippen LogP contribution in [0.15, 0.2) is 23.7 Å². The quantitative estimate of drug-likeness (QED) is 0.923. The second kappa shape index (κ2) is 5.42. The summed E-state index contributed by atoms with van der Waals surface area (Å²) in [6, 6.07) is 3.67. The molecule has 2 aromatic rings. The molecule has 3 nitrogen and oxygen atoms in total. The van der Waals surface area contributed by atoms with Crippen molar-refractivity contribution < 1.29 is 4.79 Å². The van der Waals surface area contributed by atoms with Crippen LogP contribution in [0.1, 0.15) is 39.4 Å². The van der Waals surface area contributed by atoms with Crippen LogP contribution >= 0.6 is 22.7 Å². The van der Waals surface area contributed by atoms with Crippen LogP contribution in [0.3, 0.4) is 0 Å². The van der Waals surface area contributed by atoms with Gasteiger partial charge in [0.1, 0.15) is 5.01 Å². The van der Waals surface area contributed by atoms with Crippen molar-refractivity contribution in [3.05, 3.63) is 38.5 Å². The molecule has 1 N–H and O–H groups in total. The Balaban J connectivity index is 2.01. The molecule has 5 heteroatoms. The van der Waals surface area contributed by atoms with Gasteiger partial charge in [-0.05, 0) is 24.8 Å². The predicted octanol–water partition coefficient (Wildman–Crippen LogP) is 3.26. The first-order valence-corrected chi connectivity index (χ1v) is 7.19. The van der Waals surface area contributed by atoms with E-state index in [1.807, 2.05) is 30.6 Å². The van der Waals surface area contributed by atoms with Gasteiger partial charge in [-0.1, -0.05) is 13.0 Å². The number of hydrogen-bond acceptors (Lipinski definition) is 4. The zero-order valence-corrected chi connectivity index (χ0v) is 11.4. The molecule has 0 aliphatic carbocycles. The molecule has 0 spiro atoms. The number of aromatic nitrogens is 1. The lowest BCUT2D eigenvalue weighted by Crippen LogP contribution is -2.25. The van der Waals surface area contributed by atoms with Gasteiger partial charge >= 0.3 is 0 Å². The second-order valence-electron chi connectivity index (χ2n) is 3.69. The topological polar surface area (TPSA) is 42.0 Å². The Morgan fingerprint density at radius 2 is 2.41 bits per heavy atom. The maximum atomic E-state index is 11.8. The number of amides is 1. The Morgan fingerprint density at radius 1 is 1.59 bits per heavy atom. The van der Waals surface area contributed by atoms with Crippen LogP contribution in [-0.4, -0.2) is 10.9 Å². The number of carbonyl (C=O) groups is 1. The molecule has 1 unspecified atom stereocenters. The van der Waals surface area contributed by atoms with Crippen LogP contribution in [0, 0.1) is 0 Å². The molecule has 0 saturated heterocycles. The standard InChI is InChI=1S/C12H14N2OS2/c1-3-9-7-13-12(17-9)8(2)14-11(15)10-5-4-6-16-10/h4-8H,3H2,1-2H3,(H,14,15). The summed E-state index contributed by atoms with van der Waals surface area (Å²) < 4.78 is 0. The van der Waals surface area contributed by atoms with Crippen LogP contribution in [0.4, 0.5) is 0 Å². The number of rotatable bonds is 4. The summed E-state index contributed by atoms with van der Waals surface area (Å²) in [7, 11) is 0. The number of aryl methyl sites for hydroxylation is 1. The minimum Gasteiger partial charge on any atom is -0.342 e. The van der Waals surface area contributed by atoms with Crippen molar-refractivity contribution in [1.29, 1.82) is 0 Å². The highest BCUT2D eigenvalue weighted by molar-refractivity contribution is 7.12. The Bertz CT molecular complexity index is 490. The lowest BCUT2D eigenvalue weighted by molar-refractivity contribution is 0.0944. The Morgan fingerprint density at radius 3 is 3.00 bits per heavy atom. The third-order valence-corrected chi connectivity index (χ3v) is 4.58. The van der Waals surface area contributed by atoms with E-state index in [-0.39, 0.29) is 11.9 Å². The van der Waals surface area contributed by atoms with E-state index in [2.05, 4.69) is 17.2 Å². The third kappa shape index (κ3) is 2.92. The molecular formula is C12H14N2OS2. The molecule has 17 heavy (non-hydrogen) atoms. The van der Waals surface area contributed by atoms with Gasteiger partial charge in [-0.3, -0.25) is 4.79 Å². The third-order valence-electron chi connectivity index (χ3n) is 2.38. The Labute approximate surface area is 109 Å². The van der Waals surface area contributed by atoms with Crippen LogP contribution in [0.5, 0.6) is 0 Å². The van der Waals surface area contributed by atoms with Crippen molar-refractivity contribution in [2.45, 2.75) is 26.3 Å². The normalized spacial score (nSPS) is 12.4. The van der Waals surface area contributed by atoms with Crippen molar-refractivity contribution in [3.8, 4) is 0 Å². The average molecular weight is 266 g/mol. The molecule has 0 radical (unpaired) electrons. The van der Waals surface area contributed by atoms with E-state index < -0.39 is 0 Å². The molecule has 0 aromatic carbocycles. The summed E-state index contributed by atoms with van der Waals surface area (Å²) in [4.78, 5) is 18.2. The predicted molar refractivity (Wildman–Crippen MR) is 71.7 cm³/mol. The summed E-state index contributed by atoms with van der Waals surface area (Å²) in [5.41, 5.74) is 0. The number of nitrogens with zero attached hydrogens (tertiary/aromatic N) is 1. The maximum absolute atomic E-state index is 11.8. The number of hydrogen-bond donors (Lipinski definition) is 1. The molecule has 90 valence electrons. The molecule has 0 bridgehead atoms. The number of carbonyl (C=O) groups excluding carboxylic acids is 1. The van der Waals surface area contributed by atoms with E-state index in [1.54, 1.807) is 11.3 Å². The first kappa shape index (κ1) is 12.3. The van der Waals surface area contributed by atoms with E-state index >= 15 is 0 Å². The average Bonchev–Trinajstić information content (AvgIpc) is 3.00. The molecule has 0 fully saturated rings. The van der Waals surface area contributed by atoms with E-state index in [0.717, 1.165) is 16.3 Å². The molecule has 1 amide bonds. The van der Waals surface area contributed by atoms with Crippen molar-refractivity contribution in [3.63, 3.8) is 0 Å². The Hall–Kier alpha value is -1.20. The molecule has 2 rings (SSSR count). The zero-order valence-electron chi connectivity index (χ0n) is 9.77. The van der Waals surface area contributed by atoms with Gasteiger partial charge in [-0.15, -0.1) is 22.7 Å². The highest BCUT2D eigenvalue weighted by atomic mass is 32.1. The van der Waals surface area contributed by atoms with Crippen molar-refractivity contribution >= 4 is 28.6 Å². The molecular weight excluding hydrogens is 252 g/mol. The summed E-state index contributed by atoms with van der Waals surface area (Å²) in [6.45, 7) is 4.07. The SMILES string of the molecule is CCc1cnc(C(C)NC(=O)c2cccs2)s1. The van der Waals surface area contributed by atoms with Gasteiger partial charge in [0.05, 0.1) is 10.9 Å². The number of nitrogens with one attached hydrogen (secondary N) is 1. The largest absolute Gasteiger partial charge is 0.342 e. The number of thiophene rings is 1. The highest BCUT2D eigenvalue weighted by Gasteiger charge is 2.14. The molecule has 2 aromatic heterocycles. The molecule has 0 aliphatic rings. The first-order chi connectivity index (χ1) is 8.20. The van der Waals surface area contributed by atoms with Crippen molar-refractivity contribution in [2.24, 2.45) is 0 Å². The Kier molecular flexibility index (Phi) is 3.91. The second-order valence-corrected chi connectivity index (χ2v) is 5.79. The zero-order chi connectivity index (χ0) is 12.3. The van der Waals surface area contributed by atoms with E-state index in [0.29, 0.717) is 0 Å². The van der Waals surface area contributed by atoms with Gasteiger partial charge in [-0.2, -0.15) is 0 Å².